The molecular weight excluding hydrogens is 220 g/mol. The smallest absolute Gasteiger partial charge is 0.205 e. The first kappa shape index (κ1) is 11.1. The third-order valence-electron chi connectivity index (χ3n) is 2.14. The molecule has 16 heavy (non-hydrogen) atoms. The summed E-state index contributed by atoms with van der Waals surface area (Å²) in [6, 6.07) is 4.03. The van der Waals surface area contributed by atoms with Gasteiger partial charge in [0.2, 0.25) is 5.13 Å². The standard InChI is InChI=1S/C11H16N4S/c1-8(2)6-10-14-15-11(16-10)13-7-9-4-3-5-12-9/h3-5,8,12H,6-7H2,1-2H3,(H,13,15). The van der Waals surface area contributed by atoms with Gasteiger partial charge in [0.25, 0.3) is 0 Å². The van der Waals surface area contributed by atoms with Crippen LogP contribution in [0, 0.1) is 5.92 Å². The van der Waals surface area contributed by atoms with Gasteiger partial charge in [-0.25, -0.2) is 0 Å². The molecule has 0 radical (unpaired) electrons. The van der Waals surface area contributed by atoms with Crippen molar-refractivity contribution in [1.82, 2.24) is 15.2 Å². The van der Waals surface area contributed by atoms with Crippen molar-refractivity contribution in [3.8, 4) is 0 Å². The lowest BCUT2D eigenvalue weighted by Crippen LogP contribution is -1.98. The van der Waals surface area contributed by atoms with Crippen molar-refractivity contribution in [2.24, 2.45) is 5.92 Å². The van der Waals surface area contributed by atoms with Gasteiger partial charge in [-0.05, 0) is 18.1 Å². The SMILES string of the molecule is CC(C)Cc1nnc(NCc2ccc[nH]2)s1. The van der Waals surface area contributed by atoms with Gasteiger partial charge >= 0.3 is 0 Å². The first-order valence-corrected chi connectivity index (χ1v) is 6.24. The molecule has 0 aromatic carbocycles. The molecule has 0 bridgehead atoms. The van der Waals surface area contributed by atoms with Crippen molar-refractivity contribution < 1.29 is 0 Å². The molecule has 2 heterocycles. The van der Waals surface area contributed by atoms with Crippen LogP contribution in [0.15, 0.2) is 18.3 Å². The molecule has 2 aromatic rings. The molecule has 2 aromatic heterocycles. The van der Waals surface area contributed by atoms with E-state index in [1.807, 2.05) is 18.3 Å². The third kappa shape index (κ3) is 3.06. The van der Waals surface area contributed by atoms with Crippen LogP contribution in [0.4, 0.5) is 5.13 Å². The van der Waals surface area contributed by atoms with E-state index in [1.54, 1.807) is 11.3 Å². The van der Waals surface area contributed by atoms with Crippen LogP contribution in [0.5, 0.6) is 0 Å². The Morgan fingerprint density at radius 2 is 2.31 bits per heavy atom. The fourth-order valence-electron chi connectivity index (χ4n) is 1.41. The first-order valence-electron chi connectivity index (χ1n) is 5.42. The molecule has 0 unspecified atom stereocenters. The van der Waals surface area contributed by atoms with Crippen molar-refractivity contribution in [2.75, 3.05) is 5.32 Å². The summed E-state index contributed by atoms with van der Waals surface area (Å²) < 4.78 is 0. The third-order valence-corrected chi connectivity index (χ3v) is 3.05. The van der Waals surface area contributed by atoms with Crippen molar-refractivity contribution >= 4 is 16.5 Å². The molecule has 0 amide bonds. The first-order chi connectivity index (χ1) is 7.74. The van der Waals surface area contributed by atoms with Gasteiger partial charge in [0.1, 0.15) is 5.01 Å². The van der Waals surface area contributed by atoms with Crippen LogP contribution in [0.2, 0.25) is 0 Å². The summed E-state index contributed by atoms with van der Waals surface area (Å²) in [4.78, 5) is 3.14. The maximum absolute atomic E-state index is 4.15. The Morgan fingerprint density at radius 3 is 3.00 bits per heavy atom. The van der Waals surface area contributed by atoms with E-state index in [4.69, 9.17) is 0 Å². The van der Waals surface area contributed by atoms with Crippen LogP contribution < -0.4 is 5.32 Å². The van der Waals surface area contributed by atoms with Crippen molar-refractivity contribution in [2.45, 2.75) is 26.8 Å². The largest absolute Gasteiger partial charge is 0.364 e. The van der Waals surface area contributed by atoms with Crippen LogP contribution >= 0.6 is 11.3 Å². The zero-order chi connectivity index (χ0) is 11.4. The Balaban J connectivity index is 1.88. The van der Waals surface area contributed by atoms with Gasteiger partial charge in [-0.15, -0.1) is 10.2 Å². The van der Waals surface area contributed by atoms with Crippen molar-refractivity contribution in [1.29, 1.82) is 0 Å². The number of hydrogen-bond donors (Lipinski definition) is 2. The summed E-state index contributed by atoms with van der Waals surface area (Å²) in [7, 11) is 0. The van der Waals surface area contributed by atoms with E-state index >= 15 is 0 Å². The lowest BCUT2D eigenvalue weighted by molar-refractivity contribution is 0.640. The van der Waals surface area contributed by atoms with Gasteiger partial charge in [-0.1, -0.05) is 25.2 Å². The van der Waals surface area contributed by atoms with Gasteiger partial charge in [-0.2, -0.15) is 0 Å². The van der Waals surface area contributed by atoms with E-state index in [0.717, 1.165) is 28.8 Å². The second-order valence-electron chi connectivity index (χ2n) is 4.15. The number of H-pyrrole nitrogens is 1. The molecule has 86 valence electrons. The van der Waals surface area contributed by atoms with Gasteiger partial charge in [-0.3, -0.25) is 0 Å². The highest BCUT2D eigenvalue weighted by atomic mass is 32.1. The minimum absolute atomic E-state index is 0.629. The van der Waals surface area contributed by atoms with Gasteiger partial charge < -0.3 is 10.3 Å². The van der Waals surface area contributed by atoms with Crippen LogP contribution in [0.3, 0.4) is 0 Å². The monoisotopic (exact) mass is 236 g/mol. The van der Waals surface area contributed by atoms with E-state index in [1.165, 1.54) is 0 Å². The fraction of sp³-hybridized carbons (Fsp3) is 0.455. The summed E-state index contributed by atoms with van der Waals surface area (Å²) in [5, 5.41) is 13.5. The molecule has 0 saturated heterocycles. The average molecular weight is 236 g/mol. The number of aromatic amines is 1. The van der Waals surface area contributed by atoms with Crippen LogP contribution in [0.1, 0.15) is 24.5 Å². The summed E-state index contributed by atoms with van der Waals surface area (Å²) >= 11 is 1.64. The van der Waals surface area contributed by atoms with E-state index < -0.39 is 0 Å². The van der Waals surface area contributed by atoms with Gasteiger partial charge in [0, 0.05) is 18.3 Å². The van der Waals surface area contributed by atoms with Gasteiger partial charge in [0.15, 0.2) is 0 Å². The molecule has 0 atom stereocenters. The number of nitrogens with one attached hydrogen (secondary N) is 2. The van der Waals surface area contributed by atoms with Crippen molar-refractivity contribution in [3.63, 3.8) is 0 Å². The quantitative estimate of drug-likeness (QED) is 0.839. The molecule has 0 fully saturated rings. The maximum atomic E-state index is 4.15. The summed E-state index contributed by atoms with van der Waals surface area (Å²) in [6.45, 7) is 5.14. The Morgan fingerprint density at radius 1 is 1.44 bits per heavy atom. The predicted molar refractivity (Wildman–Crippen MR) is 66.6 cm³/mol. The zero-order valence-corrected chi connectivity index (χ0v) is 10.3. The Kier molecular flexibility index (Phi) is 3.56. The highest BCUT2D eigenvalue weighted by Crippen LogP contribution is 2.18. The molecule has 2 rings (SSSR count). The fourth-order valence-corrected chi connectivity index (χ4v) is 2.35. The normalized spacial score (nSPS) is 10.9. The van der Waals surface area contributed by atoms with E-state index in [-0.39, 0.29) is 0 Å². The maximum Gasteiger partial charge on any atom is 0.205 e. The number of nitrogens with zero attached hydrogens (tertiary/aromatic N) is 2. The second-order valence-corrected chi connectivity index (χ2v) is 5.21. The summed E-state index contributed by atoms with van der Waals surface area (Å²) in [5.74, 6) is 0.629. The molecule has 4 nitrogen and oxygen atoms in total. The topological polar surface area (TPSA) is 53.6 Å². The predicted octanol–water partition coefficient (Wildman–Crippen LogP) is 2.68. The number of rotatable bonds is 5. The lowest BCUT2D eigenvalue weighted by atomic mass is 10.1. The van der Waals surface area contributed by atoms with E-state index in [0.29, 0.717) is 5.92 Å². The van der Waals surface area contributed by atoms with Crippen LogP contribution in [-0.2, 0) is 13.0 Å². The van der Waals surface area contributed by atoms with Crippen LogP contribution in [-0.4, -0.2) is 15.2 Å². The van der Waals surface area contributed by atoms with Crippen LogP contribution in [0.25, 0.3) is 0 Å². The Labute approximate surface area is 99.1 Å². The van der Waals surface area contributed by atoms with E-state index in [2.05, 4.69) is 34.3 Å². The molecule has 0 aliphatic rings. The number of aromatic nitrogens is 3. The highest BCUT2D eigenvalue weighted by Gasteiger charge is 2.05. The summed E-state index contributed by atoms with van der Waals surface area (Å²) in [5.41, 5.74) is 1.15. The van der Waals surface area contributed by atoms with Crippen molar-refractivity contribution in [3.05, 3.63) is 29.0 Å². The Bertz CT molecular complexity index is 419. The van der Waals surface area contributed by atoms with Gasteiger partial charge in [0.05, 0.1) is 6.54 Å². The van der Waals surface area contributed by atoms with E-state index in [9.17, 15) is 0 Å². The lowest BCUT2D eigenvalue weighted by Gasteiger charge is -1.99. The number of hydrogen-bond acceptors (Lipinski definition) is 4. The molecule has 0 saturated carbocycles. The second kappa shape index (κ2) is 5.12. The minimum Gasteiger partial charge on any atom is -0.364 e. The summed E-state index contributed by atoms with van der Waals surface area (Å²) in [6.07, 6.45) is 2.92. The molecule has 2 N–H and O–H groups in total. The average Bonchev–Trinajstić information content (AvgIpc) is 2.84. The molecule has 5 heteroatoms. The minimum atomic E-state index is 0.629. The molecular formula is C11H16N4S. The molecule has 0 aliphatic heterocycles. The molecule has 0 spiro atoms. The molecule has 0 aliphatic carbocycles. The zero-order valence-electron chi connectivity index (χ0n) is 9.53. The number of anilines is 1. The highest BCUT2D eigenvalue weighted by molar-refractivity contribution is 7.15. The Hall–Kier alpha value is -1.36.